The standard InChI is InChI=1S/C20H19BrN2O2S/c1-12-11-26-20(22-12)16-5-3-4-15(10-16)19(25)23-13(2)18(24)14-6-8-17(21)9-7-14/h3-11,13,18,24H,1-2H3,(H,23,25). The molecule has 2 unspecified atom stereocenters. The molecule has 0 saturated carbocycles. The molecule has 4 nitrogen and oxygen atoms in total. The predicted octanol–water partition coefficient (Wildman–Crippen LogP) is 4.73. The minimum atomic E-state index is -0.781. The Bertz CT molecular complexity index is 908. The number of rotatable bonds is 5. The molecule has 2 aromatic carbocycles. The van der Waals surface area contributed by atoms with E-state index < -0.39 is 12.1 Å². The van der Waals surface area contributed by atoms with Crippen LogP contribution in [-0.4, -0.2) is 22.0 Å². The molecule has 0 bridgehead atoms. The maximum atomic E-state index is 12.6. The van der Waals surface area contributed by atoms with E-state index in [1.165, 1.54) is 0 Å². The van der Waals surface area contributed by atoms with Gasteiger partial charge in [0.25, 0.3) is 5.91 Å². The minimum absolute atomic E-state index is 0.219. The Morgan fingerprint density at radius 2 is 1.96 bits per heavy atom. The molecule has 2 atom stereocenters. The fraction of sp³-hybridized carbons (Fsp3) is 0.200. The largest absolute Gasteiger partial charge is 0.386 e. The van der Waals surface area contributed by atoms with Crippen LogP contribution >= 0.6 is 27.3 Å². The van der Waals surface area contributed by atoms with Crippen molar-refractivity contribution in [2.75, 3.05) is 0 Å². The second-order valence-electron chi connectivity index (χ2n) is 6.13. The number of aliphatic hydroxyl groups excluding tert-OH is 1. The van der Waals surface area contributed by atoms with Crippen molar-refractivity contribution in [2.24, 2.45) is 0 Å². The van der Waals surface area contributed by atoms with E-state index in [-0.39, 0.29) is 5.91 Å². The number of amides is 1. The Morgan fingerprint density at radius 1 is 1.23 bits per heavy atom. The summed E-state index contributed by atoms with van der Waals surface area (Å²) in [5.41, 5.74) is 3.18. The number of carbonyl (C=O) groups is 1. The summed E-state index contributed by atoms with van der Waals surface area (Å²) in [6.45, 7) is 3.74. The van der Waals surface area contributed by atoms with Gasteiger partial charge in [-0.2, -0.15) is 0 Å². The zero-order valence-corrected chi connectivity index (χ0v) is 16.8. The molecule has 0 radical (unpaired) electrons. The second-order valence-corrected chi connectivity index (χ2v) is 7.91. The van der Waals surface area contributed by atoms with Crippen LogP contribution in [0.5, 0.6) is 0 Å². The van der Waals surface area contributed by atoms with E-state index >= 15 is 0 Å². The fourth-order valence-corrected chi connectivity index (χ4v) is 3.66. The summed E-state index contributed by atoms with van der Waals surface area (Å²) in [5, 5.41) is 16.2. The summed E-state index contributed by atoms with van der Waals surface area (Å²) >= 11 is 4.93. The summed E-state index contributed by atoms with van der Waals surface area (Å²) in [7, 11) is 0. The van der Waals surface area contributed by atoms with E-state index in [4.69, 9.17) is 0 Å². The summed E-state index contributed by atoms with van der Waals surface area (Å²) < 4.78 is 0.944. The van der Waals surface area contributed by atoms with Crippen molar-refractivity contribution >= 4 is 33.2 Å². The first-order valence-corrected chi connectivity index (χ1v) is 9.88. The van der Waals surface area contributed by atoms with Crippen molar-refractivity contribution in [3.05, 3.63) is 75.2 Å². The van der Waals surface area contributed by atoms with E-state index in [0.29, 0.717) is 5.56 Å². The first-order chi connectivity index (χ1) is 12.4. The lowest BCUT2D eigenvalue weighted by Crippen LogP contribution is -2.37. The molecule has 0 aliphatic heterocycles. The smallest absolute Gasteiger partial charge is 0.251 e. The first kappa shape index (κ1) is 18.8. The number of thiazole rings is 1. The van der Waals surface area contributed by atoms with Gasteiger partial charge in [0.1, 0.15) is 5.01 Å². The van der Waals surface area contributed by atoms with Crippen LogP contribution in [0.25, 0.3) is 10.6 Å². The average molecular weight is 431 g/mol. The van der Waals surface area contributed by atoms with Crippen molar-refractivity contribution in [1.29, 1.82) is 0 Å². The number of nitrogens with one attached hydrogen (secondary N) is 1. The van der Waals surface area contributed by atoms with E-state index in [9.17, 15) is 9.90 Å². The van der Waals surface area contributed by atoms with Gasteiger partial charge in [0.2, 0.25) is 0 Å². The van der Waals surface area contributed by atoms with Gasteiger partial charge in [0, 0.05) is 26.7 Å². The van der Waals surface area contributed by atoms with E-state index in [1.54, 1.807) is 24.3 Å². The van der Waals surface area contributed by atoms with Gasteiger partial charge in [0.05, 0.1) is 12.1 Å². The lowest BCUT2D eigenvalue weighted by Gasteiger charge is -2.21. The fourth-order valence-electron chi connectivity index (χ4n) is 2.60. The monoisotopic (exact) mass is 430 g/mol. The molecule has 1 amide bonds. The Labute approximate surface area is 165 Å². The number of nitrogens with zero attached hydrogens (tertiary/aromatic N) is 1. The van der Waals surface area contributed by atoms with Crippen molar-refractivity contribution in [1.82, 2.24) is 10.3 Å². The van der Waals surface area contributed by atoms with Crippen molar-refractivity contribution in [3.8, 4) is 10.6 Å². The number of aromatic nitrogens is 1. The average Bonchev–Trinajstić information content (AvgIpc) is 3.08. The van der Waals surface area contributed by atoms with Crippen LogP contribution in [0.15, 0.2) is 58.4 Å². The predicted molar refractivity (Wildman–Crippen MR) is 108 cm³/mol. The van der Waals surface area contributed by atoms with Gasteiger partial charge in [-0.15, -0.1) is 11.3 Å². The third kappa shape index (κ3) is 4.38. The van der Waals surface area contributed by atoms with Crippen LogP contribution < -0.4 is 5.32 Å². The Morgan fingerprint density at radius 3 is 2.62 bits per heavy atom. The van der Waals surface area contributed by atoms with Gasteiger partial charge in [0.15, 0.2) is 0 Å². The molecular weight excluding hydrogens is 412 g/mol. The van der Waals surface area contributed by atoms with Crippen LogP contribution in [-0.2, 0) is 0 Å². The van der Waals surface area contributed by atoms with Gasteiger partial charge in [-0.05, 0) is 43.7 Å². The number of carbonyl (C=O) groups excluding carboxylic acids is 1. The lowest BCUT2D eigenvalue weighted by atomic mass is 10.0. The van der Waals surface area contributed by atoms with Crippen LogP contribution in [0.1, 0.15) is 34.6 Å². The van der Waals surface area contributed by atoms with Crippen LogP contribution in [0.2, 0.25) is 0 Å². The zero-order valence-electron chi connectivity index (χ0n) is 14.4. The maximum Gasteiger partial charge on any atom is 0.251 e. The Kier molecular flexibility index (Phi) is 5.86. The van der Waals surface area contributed by atoms with E-state index in [2.05, 4.69) is 26.2 Å². The molecule has 0 aliphatic carbocycles. The molecule has 0 saturated heterocycles. The molecule has 3 rings (SSSR count). The SMILES string of the molecule is Cc1csc(-c2cccc(C(=O)NC(C)C(O)c3ccc(Br)cc3)c2)n1. The Hall–Kier alpha value is -2.02. The molecule has 3 aromatic rings. The quantitative estimate of drug-likeness (QED) is 0.614. The summed E-state index contributed by atoms with van der Waals surface area (Å²) in [6.07, 6.45) is -0.781. The number of halogens is 1. The number of aliphatic hydroxyl groups is 1. The molecule has 0 aliphatic rings. The minimum Gasteiger partial charge on any atom is -0.386 e. The number of aryl methyl sites for hydroxylation is 1. The van der Waals surface area contributed by atoms with Crippen LogP contribution in [0, 0.1) is 6.92 Å². The second kappa shape index (κ2) is 8.12. The highest BCUT2D eigenvalue weighted by atomic mass is 79.9. The van der Waals surface area contributed by atoms with E-state index in [1.807, 2.05) is 54.8 Å². The van der Waals surface area contributed by atoms with Crippen LogP contribution in [0.3, 0.4) is 0 Å². The van der Waals surface area contributed by atoms with Gasteiger partial charge in [-0.1, -0.05) is 40.2 Å². The highest BCUT2D eigenvalue weighted by Gasteiger charge is 2.19. The highest BCUT2D eigenvalue weighted by Crippen LogP contribution is 2.25. The number of benzene rings is 2. The van der Waals surface area contributed by atoms with Gasteiger partial charge in [-0.3, -0.25) is 4.79 Å². The molecule has 0 fully saturated rings. The van der Waals surface area contributed by atoms with Gasteiger partial charge >= 0.3 is 0 Å². The molecule has 2 N–H and O–H groups in total. The molecule has 26 heavy (non-hydrogen) atoms. The molecule has 6 heteroatoms. The third-order valence-corrected chi connectivity index (χ3v) is 5.57. The maximum absolute atomic E-state index is 12.6. The molecular formula is C20H19BrN2O2S. The third-order valence-electron chi connectivity index (χ3n) is 4.03. The molecule has 1 heterocycles. The molecule has 0 spiro atoms. The normalized spacial score (nSPS) is 13.2. The van der Waals surface area contributed by atoms with E-state index in [0.717, 1.165) is 26.3 Å². The van der Waals surface area contributed by atoms with Gasteiger partial charge in [-0.25, -0.2) is 4.98 Å². The van der Waals surface area contributed by atoms with Crippen molar-refractivity contribution < 1.29 is 9.90 Å². The summed E-state index contributed by atoms with van der Waals surface area (Å²) in [6, 6.07) is 14.4. The summed E-state index contributed by atoms with van der Waals surface area (Å²) in [4.78, 5) is 17.0. The van der Waals surface area contributed by atoms with Gasteiger partial charge < -0.3 is 10.4 Å². The van der Waals surface area contributed by atoms with Crippen molar-refractivity contribution in [2.45, 2.75) is 26.0 Å². The lowest BCUT2D eigenvalue weighted by molar-refractivity contribution is 0.0852. The summed E-state index contributed by atoms with van der Waals surface area (Å²) in [5.74, 6) is -0.219. The van der Waals surface area contributed by atoms with Crippen molar-refractivity contribution in [3.63, 3.8) is 0 Å². The molecule has 134 valence electrons. The number of hydrogen-bond donors (Lipinski definition) is 2. The Balaban J connectivity index is 1.72. The number of hydrogen-bond acceptors (Lipinski definition) is 4. The molecule has 1 aromatic heterocycles. The zero-order chi connectivity index (χ0) is 18.7. The van der Waals surface area contributed by atoms with Crippen LogP contribution in [0.4, 0.5) is 0 Å². The first-order valence-electron chi connectivity index (χ1n) is 8.21. The topological polar surface area (TPSA) is 62.2 Å². The highest BCUT2D eigenvalue weighted by molar-refractivity contribution is 9.10.